The molecule has 103 heavy (non-hydrogen) atoms. The first-order chi connectivity index (χ1) is 50.6. The highest BCUT2D eigenvalue weighted by atomic mass is 16.7. The Bertz CT molecular complexity index is 1840. The second-order valence-corrected chi connectivity index (χ2v) is 32.6. The van der Waals surface area contributed by atoms with Crippen molar-refractivity contribution in [3.63, 3.8) is 0 Å². The molecule has 0 aliphatic carbocycles. The number of rotatable bonds is 87. The first-order valence-corrected chi connectivity index (χ1v) is 45.8. The molecule has 1 N–H and O–H groups in total. The van der Waals surface area contributed by atoms with Gasteiger partial charge < -0.3 is 28.5 Å². The van der Waals surface area contributed by atoms with Gasteiger partial charge in [0, 0.05) is 12.8 Å². The number of aliphatic carboxylic acids is 1. The summed E-state index contributed by atoms with van der Waals surface area (Å²) in [4.78, 5) is 37.8. The smallest absolute Gasteiger partial charge is 0.361 e. The fourth-order valence-corrected chi connectivity index (χ4v) is 14.1. The Balaban J connectivity index is 3.89. The number of likely N-dealkylation sites (N-methyl/N-ethyl adjacent to an activating group) is 1. The van der Waals surface area contributed by atoms with Crippen LogP contribution in [0.1, 0.15) is 476 Å². The number of nitrogens with zero attached hydrogens (tertiary/aromatic N) is 1. The van der Waals surface area contributed by atoms with E-state index in [0.29, 0.717) is 17.4 Å². The Morgan fingerprint density at radius 1 is 0.291 bits per heavy atom. The summed E-state index contributed by atoms with van der Waals surface area (Å²) in [6.07, 6.45) is 110. The maximum absolute atomic E-state index is 13.0. The zero-order valence-corrected chi connectivity index (χ0v) is 69.8. The Kier molecular flexibility index (Phi) is 82.6. The lowest BCUT2D eigenvalue weighted by Crippen LogP contribution is -2.40. The second-order valence-electron chi connectivity index (χ2n) is 32.6. The molecule has 0 aromatic heterocycles. The van der Waals surface area contributed by atoms with Crippen molar-refractivity contribution in [3.05, 3.63) is 48.6 Å². The molecule has 0 heterocycles. The average molecular weight is 1450 g/mol. The van der Waals surface area contributed by atoms with Gasteiger partial charge in [0.2, 0.25) is 0 Å². The van der Waals surface area contributed by atoms with E-state index in [4.69, 9.17) is 18.9 Å². The van der Waals surface area contributed by atoms with E-state index in [1.807, 2.05) is 21.1 Å². The van der Waals surface area contributed by atoms with Gasteiger partial charge in [0.15, 0.2) is 6.10 Å². The molecule has 0 aromatic rings. The van der Waals surface area contributed by atoms with Crippen LogP contribution in [0.25, 0.3) is 0 Å². The van der Waals surface area contributed by atoms with Crippen LogP contribution in [0, 0.1) is 0 Å². The fraction of sp³-hybridized carbons (Fsp3) is 0.883. The van der Waals surface area contributed by atoms with Crippen LogP contribution in [0.2, 0.25) is 0 Å². The number of carboxylic acids is 1. The molecule has 606 valence electrons. The maximum Gasteiger partial charge on any atom is 0.361 e. The van der Waals surface area contributed by atoms with Crippen LogP contribution in [0.15, 0.2) is 48.6 Å². The summed E-state index contributed by atoms with van der Waals surface area (Å²) in [6, 6.07) is 0. The number of allylic oxidation sites excluding steroid dienone is 8. The Morgan fingerprint density at radius 3 is 0.786 bits per heavy atom. The van der Waals surface area contributed by atoms with Gasteiger partial charge in [0.05, 0.1) is 34.4 Å². The van der Waals surface area contributed by atoms with Gasteiger partial charge in [-0.25, -0.2) is 4.79 Å². The van der Waals surface area contributed by atoms with Crippen LogP contribution in [0.4, 0.5) is 0 Å². The third-order valence-corrected chi connectivity index (χ3v) is 21.1. The highest BCUT2D eigenvalue weighted by Crippen LogP contribution is 2.21. The van der Waals surface area contributed by atoms with Gasteiger partial charge in [-0.2, -0.15) is 0 Å². The van der Waals surface area contributed by atoms with Crippen molar-refractivity contribution in [3.8, 4) is 0 Å². The van der Waals surface area contributed by atoms with Gasteiger partial charge in [-0.1, -0.05) is 435 Å². The van der Waals surface area contributed by atoms with E-state index in [-0.39, 0.29) is 38.2 Å². The normalized spacial score (nSPS) is 12.7. The molecule has 0 aliphatic rings. The highest BCUT2D eigenvalue weighted by molar-refractivity contribution is 5.71. The van der Waals surface area contributed by atoms with E-state index in [1.165, 1.54) is 398 Å². The molecule has 0 fully saturated rings. The summed E-state index contributed by atoms with van der Waals surface area (Å²) in [5.41, 5.74) is 0. The first-order valence-electron chi connectivity index (χ1n) is 45.8. The van der Waals surface area contributed by atoms with Gasteiger partial charge >= 0.3 is 17.9 Å². The summed E-state index contributed by atoms with van der Waals surface area (Å²) in [7, 11) is 6.01. The minimum atomic E-state index is -1.51. The third-order valence-electron chi connectivity index (χ3n) is 21.1. The number of carboxylic acid groups (broad SMARTS) is 1. The summed E-state index contributed by atoms with van der Waals surface area (Å²) < 4.78 is 23.1. The van der Waals surface area contributed by atoms with Crippen molar-refractivity contribution in [2.45, 2.75) is 489 Å². The van der Waals surface area contributed by atoms with Crippen LogP contribution in [0.5, 0.6) is 0 Å². The zero-order chi connectivity index (χ0) is 74.6. The molecular formula is C94H178NO8+. The van der Waals surface area contributed by atoms with Gasteiger partial charge in [0.25, 0.3) is 6.29 Å². The summed E-state index contributed by atoms with van der Waals surface area (Å²) in [5.74, 6) is -1.97. The van der Waals surface area contributed by atoms with Crippen molar-refractivity contribution in [1.29, 1.82) is 0 Å². The number of quaternary nitrogens is 1. The predicted octanol–water partition coefficient (Wildman–Crippen LogP) is 29.9. The van der Waals surface area contributed by atoms with Crippen LogP contribution in [-0.2, 0) is 33.3 Å². The van der Waals surface area contributed by atoms with Crippen LogP contribution in [-0.4, -0.2) is 87.4 Å². The van der Waals surface area contributed by atoms with Gasteiger partial charge in [-0.05, 0) is 77.0 Å². The summed E-state index contributed by atoms with van der Waals surface area (Å²) in [5, 5.41) is 9.80. The lowest BCUT2D eigenvalue weighted by Gasteiger charge is -2.25. The molecule has 2 atom stereocenters. The van der Waals surface area contributed by atoms with Crippen LogP contribution in [0.3, 0.4) is 0 Å². The monoisotopic (exact) mass is 1450 g/mol. The van der Waals surface area contributed by atoms with Crippen molar-refractivity contribution in [1.82, 2.24) is 0 Å². The fourth-order valence-electron chi connectivity index (χ4n) is 14.1. The number of esters is 2. The maximum atomic E-state index is 13.0. The van der Waals surface area contributed by atoms with E-state index in [0.717, 1.165) is 51.4 Å². The number of carbonyl (C=O) groups is 3. The molecule has 0 aromatic carbocycles. The number of carbonyl (C=O) groups excluding carboxylic acids is 2. The van der Waals surface area contributed by atoms with Crippen molar-refractivity contribution < 1.29 is 42.9 Å². The van der Waals surface area contributed by atoms with Crippen LogP contribution < -0.4 is 0 Å². The van der Waals surface area contributed by atoms with E-state index in [1.54, 1.807) is 0 Å². The molecule has 0 spiro atoms. The lowest BCUT2D eigenvalue weighted by molar-refractivity contribution is -0.870. The number of unbranched alkanes of at least 4 members (excludes halogenated alkanes) is 64. The predicted molar refractivity (Wildman–Crippen MR) is 447 cm³/mol. The van der Waals surface area contributed by atoms with E-state index in [9.17, 15) is 19.5 Å². The largest absolute Gasteiger partial charge is 0.477 e. The molecular weight excluding hydrogens is 1270 g/mol. The molecule has 0 radical (unpaired) electrons. The molecule has 0 rings (SSSR count). The molecule has 0 saturated carbocycles. The third kappa shape index (κ3) is 86.4. The number of hydrogen-bond acceptors (Lipinski definition) is 7. The summed E-state index contributed by atoms with van der Waals surface area (Å²) >= 11 is 0. The minimum absolute atomic E-state index is 0.175. The minimum Gasteiger partial charge on any atom is -0.477 e. The summed E-state index contributed by atoms with van der Waals surface area (Å²) in [6.45, 7) is 4.95. The van der Waals surface area contributed by atoms with Gasteiger partial charge in [0.1, 0.15) is 13.2 Å². The number of ether oxygens (including phenoxy) is 4. The van der Waals surface area contributed by atoms with Crippen molar-refractivity contribution >= 4 is 17.9 Å². The van der Waals surface area contributed by atoms with Gasteiger partial charge in [-0.15, -0.1) is 0 Å². The number of hydrogen-bond donors (Lipinski definition) is 1. The van der Waals surface area contributed by atoms with Crippen LogP contribution >= 0.6 is 0 Å². The molecule has 0 saturated heterocycles. The Labute approximate surface area is 642 Å². The molecule has 2 unspecified atom stereocenters. The van der Waals surface area contributed by atoms with E-state index in [2.05, 4.69) is 62.5 Å². The highest BCUT2D eigenvalue weighted by Gasteiger charge is 2.25. The second kappa shape index (κ2) is 84.9. The Morgan fingerprint density at radius 2 is 0.524 bits per heavy atom. The Hall–Kier alpha value is -2.75. The van der Waals surface area contributed by atoms with Crippen molar-refractivity contribution in [2.75, 3.05) is 47.5 Å². The SMILES string of the molecule is CCCCCCC/C=C\C/C=C\C/C=C\CCCCCCCCCCCCCCCCCCCCCCCCCCCCC(=O)OC(COC(=O)CCCCCCCCCCCCCCCCCCCCCCCCCCC/C=C\CCCCCCCCCC)COC(OCC[N+](C)(C)C)C(=O)O. The molecule has 0 amide bonds. The molecule has 9 heteroatoms. The molecule has 0 aliphatic heterocycles. The standard InChI is InChI=1S/C94H177NO8/c1-6-8-10-12-14-16-18-20-22-24-26-28-30-32-34-36-38-40-42-44-45-46-47-49-51-53-55-57-59-61-63-65-67-69-71-73-75-77-79-81-83-85-92(97)103-90(89-102-94(93(98)99)100-87-86-95(3,4)5)88-101-91(96)84-82-80-78-76-74-72-70-68-66-64-62-60-58-56-54-52-50-48-43-41-39-37-35-33-31-29-27-25-23-21-19-17-15-13-11-9-7-2/h18,20,24-27,30,32,90,94H,6-17,19,21-23,28-29,31,33-89H2,1-5H3/p+1/b20-18-,26-24-,27-25-,32-30-. The first kappa shape index (κ1) is 100. The molecule has 0 bridgehead atoms. The quantitative estimate of drug-likeness (QED) is 0.0211. The van der Waals surface area contributed by atoms with E-state index >= 15 is 0 Å². The van der Waals surface area contributed by atoms with Crippen molar-refractivity contribution in [2.24, 2.45) is 0 Å². The zero-order valence-electron chi connectivity index (χ0n) is 69.8. The molecule has 9 nitrogen and oxygen atoms in total. The van der Waals surface area contributed by atoms with E-state index < -0.39 is 18.4 Å². The lowest BCUT2D eigenvalue weighted by atomic mass is 10.0. The van der Waals surface area contributed by atoms with Gasteiger partial charge in [-0.3, -0.25) is 9.59 Å². The average Bonchev–Trinajstić information content (AvgIpc) is 1.01. The topological polar surface area (TPSA) is 108 Å².